The minimum Gasteiger partial charge on any atom is -0.495 e. The van der Waals surface area contributed by atoms with Crippen LogP contribution in [0.25, 0.3) is 6.08 Å². The molecule has 1 N–H and O–H groups in total. The van der Waals surface area contributed by atoms with Crippen molar-refractivity contribution in [3.63, 3.8) is 0 Å². The second kappa shape index (κ2) is 11.3. The maximum atomic E-state index is 12.9. The third kappa shape index (κ3) is 6.22. The van der Waals surface area contributed by atoms with Crippen LogP contribution in [-0.4, -0.2) is 65.8 Å². The number of morpholine rings is 1. The average molecular weight is 499 g/mol. The monoisotopic (exact) mass is 498 g/mol. The Balaban J connectivity index is 1.77. The SMILES string of the molecule is COc1ccc(S(=O)(=O)N2CCOCC2)cc1NC(=O)C=Cc1ccc(OC(F)F)c(OC)c1. The van der Waals surface area contributed by atoms with Crippen molar-refractivity contribution in [2.75, 3.05) is 45.8 Å². The van der Waals surface area contributed by atoms with E-state index in [1.807, 2.05) is 0 Å². The number of methoxy groups -OCH3 is 2. The zero-order valence-electron chi connectivity index (χ0n) is 18.5. The highest BCUT2D eigenvalue weighted by atomic mass is 32.2. The number of rotatable bonds is 9. The fraction of sp³-hybridized carbons (Fsp3) is 0.318. The summed E-state index contributed by atoms with van der Waals surface area (Å²) in [5.41, 5.74) is 0.661. The number of halogens is 2. The van der Waals surface area contributed by atoms with Crippen molar-refractivity contribution in [3.05, 3.63) is 48.0 Å². The van der Waals surface area contributed by atoms with Crippen LogP contribution in [0.2, 0.25) is 0 Å². The summed E-state index contributed by atoms with van der Waals surface area (Å²) >= 11 is 0. The van der Waals surface area contributed by atoms with Gasteiger partial charge >= 0.3 is 6.61 Å². The molecule has 1 saturated heterocycles. The number of hydrogen-bond donors (Lipinski definition) is 1. The quantitative estimate of drug-likeness (QED) is 0.530. The van der Waals surface area contributed by atoms with Crippen LogP contribution < -0.4 is 19.5 Å². The number of alkyl halides is 2. The minimum atomic E-state index is -3.77. The largest absolute Gasteiger partial charge is 0.495 e. The molecule has 0 aromatic heterocycles. The fourth-order valence-corrected chi connectivity index (χ4v) is 4.64. The van der Waals surface area contributed by atoms with Gasteiger partial charge in [0.15, 0.2) is 11.5 Å². The van der Waals surface area contributed by atoms with Crippen molar-refractivity contribution in [1.82, 2.24) is 4.31 Å². The summed E-state index contributed by atoms with van der Waals surface area (Å²) in [6.45, 7) is -1.90. The Morgan fingerprint density at radius 2 is 1.74 bits per heavy atom. The van der Waals surface area contributed by atoms with Crippen LogP contribution >= 0.6 is 0 Å². The van der Waals surface area contributed by atoms with Gasteiger partial charge in [-0.1, -0.05) is 6.07 Å². The lowest BCUT2D eigenvalue weighted by atomic mass is 10.2. The topological polar surface area (TPSA) is 103 Å². The minimum absolute atomic E-state index is 0.00818. The Morgan fingerprint density at radius 3 is 2.38 bits per heavy atom. The van der Waals surface area contributed by atoms with Crippen molar-refractivity contribution in [1.29, 1.82) is 0 Å². The highest BCUT2D eigenvalue weighted by molar-refractivity contribution is 7.89. The summed E-state index contributed by atoms with van der Waals surface area (Å²) < 4.78 is 72.0. The number of ether oxygens (including phenoxy) is 4. The fourth-order valence-electron chi connectivity index (χ4n) is 3.21. The molecule has 0 unspecified atom stereocenters. The molecule has 0 saturated carbocycles. The summed E-state index contributed by atoms with van der Waals surface area (Å²) in [6.07, 6.45) is 2.63. The van der Waals surface area contributed by atoms with E-state index in [4.69, 9.17) is 14.2 Å². The first-order valence-corrected chi connectivity index (χ1v) is 11.6. The Morgan fingerprint density at radius 1 is 1.06 bits per heavy atom. The molecule has 1 amide bonds. The molecule has 0 aliphatic carbocycles. The van der Waals surface area contributed by atoms with Crippen LogP contribution in [0, 0.1) is 0 Å². The number of amides is 1. The molecule has 9 nitrogen and oxygen atoms in total. The van der Waals surface area contributed by atoms with Gasteiger partial charge in [-0.2, -0.15) is 13.1 Å². The lowest BCUT2D eigenvalue weighted by Gasteiger charge is -2.26. The predicted octanol–water partition coefficient (Wildman–Crippen LogP) is 2.98. The Labute approximate surface area is 195 Å². The van der Waals surface area contributed by atoms with Crippen LogP contribution in [0.3, 0.4) is 0 Å². The average Bonchev–Trinajstić information content (AvgIpc) is 2.83. The van der Waals surface area contributed by atoms with Gasteiger partial charge in [0.1, 0.15) is 5.75 Å². The molecule has 184 valence electrons. The molecule has 1 aliphatic rings. The van der Waals surface area contributed by atoms with Gasteiger partial charge in [-0.05, 0) is 42.0 Å². The van der Waals surface area contributed by atoms with Gasteiger partial charge < -0.3 is 24.3 Å². The number of carbonyl (C=O) groups is 1. The van der Waals surface area contributed by atoms with Gasteiger partial charge in [-0.3, -0.25) is 4.79 Å². The Kier molecular flexibility index (Phi) is 8.42. The maximum Gasteiger partial charge on any atom is 0.387 e. The number of nitrogens with zero attached hydrogens (tertiary/aromatic N) is 1. The first-order chi connectivity index (χ1) is 16.2. The van der Waals surface area contributed by atoms with Gasteiger partial charge in [0.25, 0.3) is 0 Å². The normalized spacial score (nSPS) is 14.9. The van der Waals surface area contributed by atoms with E-state index >= 15 is 0 Å². The van der Waals surface area contributed by atoms with E-state index in [0.29, 0.717) is 18.8 Å². The van der Waals surface area contributed by atoms with Crippen molar-refractivity contribution in [2.24, 2.45) is 0 Å². The molecule has 1 fully saturated rings. The molecule has 2 aromatic rings. The standard InChI is InChI=1S/C22H24F2N2O7S/c1-30-18-7-5-16(34(28,29)26-9-11-32-12-10-26)14-17(18)25-21(27)8-4-15-3-6-19(33-22(23)24)20(13-15)31-2/h3-8,13-14,22H,9-12H2,1-2H3,(H,25,27). The Hall–Kier alpha value is -3.22. The third-order valence-corrected chi connectivity index (χ3v) is 6.76. The van der Waals surface area contributed by atoms with E-state index in [2.05, 4.69) is 10.1 Å². The Bertz CT molecular complexity index is 1150. The van der Waals surface area contributed by atoms with Crippen LogP contribution in [0.4, 0.5) is 14.5 Å². The highest BCUT2D eigenvalue weighted by Gasteiger charge is 2.27. The van der Waals surface area contributed by atoms with Crippen LogP contribution in [0.5, 0.6) is 17.2 Å². The number of carbonyl (C=O) groups excluding carboxylic acids is 1. The van der Waals surface area contributed by atoms with Crippen molar-refractivity contribution in [3.8, 4) is 17.2 Å². The molecule has 1 aliphatic heterocycles. The molecule has 0 radical (unpaired) electrons. The summed E-state index contributed by atoms with van der Waals surface area (Å²) in [7, 11) is -1.07. The molecule has 12 heteroatoms. The summed E-state index contributed by atoms with van der Waals surface area (Å²) in [5, 5.41) is 2.60. The number of sulfonamides is 1. The molecular weight excluding hydrogens is 474 g/mol. The maximum absolute atomic E-state index is 12.9. The summed E-state index contributed by atoms with van der Waals surface area (Å²) in [4.78, 5) is 12.5. The summed E-state index contributed by atoms with van der Waals surface area (Å²) in [5.74, 6) is -0.350. The van der Waals surface area contributed by atoms with Crippen LogP contribution in [-0.2, 0) is 19.6 Å². The van der Waals surface area contributed by atoms with Crippen molar-refractivity contribution in [2.45, 2.75) is 11.5 Å². The third-order valence-electron chi connectivity index (χ3n) is 4.87. The smallest absolute Gasteiger partial charge is 0.387 e. The van der Waals surface area contributed by atoms with E-state index in [1.54, 1.807) is 0 Å². The van der Waals surface area contributed by atoms with Gasteiger partial charge in [-0.15, -0.1) is 0 Å². The molecule has 1 heterocycles. The van der Waals surface area contributed by atoms with E-state index in [9.17, 15) is 22.0 Å². The van der Waals surface area contributed by atoms with Gasteiger partial charge in [0, 0.05) is 19.2 Å². The number of anilines is 1. The van der Waals surface area contributed by atoms with Gasteiger partial charge in [0.2, 0.25) is 15.9 Å². The zero-order valence-corrected chi connectivity index (χ0v) is 19.3. The summed E-state index contributed by atoms with van der Waals surface area (Å²) in [6, 6.07) is 8.39. The number of benzene rings is 2. The van der Waals surface area contributed by atoms with E-state index in [1.165, 1.54) is 67.1 Å². The lowest BCUT2D eigenvalue weighted by molar-refractivity contribution is -0.111. The first kappa shape index (κ1) is 25.4. The highest BCUT2D eigenvalue weighted by Crippen LogP contribution is 2.31. The van der Waals surface area contributed by atoms with Crippen LogP contribution in [0.15, 0.2) is 47.4 Å². The molecule has 0 atom stereocenters. The molecule has 0 spiro atoms. The molecule has 3 rings (SSSR count). The van der Waals surface area contributed by atoms with Gasteiger partial charge in [0.05, 0.1) is 38.0 Å². The van der Waals surface area contributed by atoms with Crippen molar-refractivity contribution >= 4 is 27.7 Å². The van der Waals surface area contributed by atoms with Crippen molar-refractivity contribution < 1.29 is 40.9 Å². The zero-order chi connectivity index (χ0) is 24.7. The second-order valence-electron chi connectivity index (χ2n) is 6.99. The van der Waals surface area contributed by atoms with E-state index < -0.39 is 22.5 Å². The molecule has 0 bridgehead atoms. The van der Waals surface area contributed by atoms with Gasteiger partial charge in [-0.25, -0.2) is 8.42 Å². The number of nitrogens with one attached hydrogen (secondary N) is 1. The molecule has 2 aromatic carbocycles. The predicted molar refractivity (Wildman–Crippen MR) is 120 cm³/mol. The van der Waals surface area contributed by atoms with E-state index in [0.717, 1.165) is 0 Å². The molecular formula is C22H24F2N2O7S. The first-order valence-electron chi connectivity index (χ1n) is 10.1. The number of hydrogen-bond acceptors (Lipinski definition) is 7. The second-order valence-corrected chi connectivity index (χ2v) is 8.93. The lowest BCUT2D eigenvalue weighted by Crippen LogP contribution is -2.40. The molecule has 34 heavy (non-hydrogen) atoms. The van der Waals surface area contributed by atoms with E-state index in [-0.39, 0.29) is 40.9 Å². The van der Waals surface area contributed by atoms with Crippen LogP contribution in [0.1, 0.15) is 5.56 Å².